The van der Waals surface area contributed by atoms with E-state index in [-0.39, 0.29) is 11.9 Å². The lowest BCUT2D eigenvalue weighted by Crippen LogP contribution is -2.57. The summed E-state index contributed by atoms with van der Waals surface area (Å²) in [4.78, 5) is 27.1. The van der Waals surface area contributed by atoms with E-state index in [0.717, 1.165) is 60.6 Å². The number of benzene rings is 2. The standard InChI is InChI=1S/C30H43N7O2/c1-5-36(6-2)18-10-11-22(3)32-27-25-21-24(39-4)14-15-26(25)33-29(34-27)37-19-16-30(17-20-37,28(31)38)35-23-12-8-7-9-13-23/h7-9,12-15,21-22,35H,5-6,10-11,16-20H2,1-4H3,(H2,31,38)(H,32,33,34). The van der Waals surface area contributed by atoms with E-state index in [1.807, 2.05) is 48.5 Å². The number of aromatic nitrogens is 2. The highest BCUT2D eigenvalue weighted by Gasteiger charge is 2.40. The van der Waals surface area contributed by atoms with Crippen molar-refractivity contribution in [2.75, 3.05) is 55.4 Å². The fourth-order valence-corrected chi connectivity index (χ4v) is 5.26. The molecule has 1 fully saturated rings. The molecule has 1 saturated heterocycles. The van der Waals surface area contributed by atoms with E-state index in [1.54, 1.807) is 7.11 Å². The number of nitrogens with two attached hydrogens (primary N) is 1. The third-order valence-electron chi connectivity index (χ3n) is 7.81. The first-order valence-corrected chi connectivity index (χ1v) is 14.1. The van der Waals surface area contributed by atoms with Gasteiger partial charge in [-0.25, -0.2) is 4.98 Å². The Bertz CT molecular complexity index is 1220. The van der Waals surface area contributed by atoms with Gasteiger partial charge < -0.3 is 30.9 Å². The number of anilines is 3. The maximum atomic E-state index is 12.6. The maximum absolute atomic E-state index is 12.6. The Labute approximate surface area is 232 Å². The van der Waals surface area contributed by atoms with Gasteiger partial charge in [-0.05, 0) is 82.6 Å². The van der Waals surface area contributed by atoms with Crippen molar-refractivity contribution in [1.82, 2.24) is 14.9 Å². The molecule has 2 aromatic carbocycles. The van der Waals surface area contributed by atoms with Crippen molar-refractivity contribution >= 4 is 34.3 Å². The number of piperidine rings is 1. The van der Waals surface area contributed by atoms with E-state index in [0.29, 0.717) is 31.9 Å². The molecule has 1 aliphatic rings. The summed E-state index contributed by atoms with van der Waals surface area (Å²) in [6, 6.07) is 15.9. The summed E-state index contributed by atoms with van der Waals surface area (Å²) < 4.78 is 5.49. The van der Waals surface area contributed by atoms with Crippen LogP contribution in [0.5, 0.6) is 5.75 Å². The van der Waals surface area contributed by atoms with Crippen molar-refractivity contribution in [1.29, 1.82) is 0 Å². The van der Waals surface area contributed by atoms with Crippen molar-refractivity contribution in [3.63, 3.8) is 0 Å². The lowest BCUT2D eigenvalue weighted by atomic mass is 9.86. The van der Waals surface area contributed by atoms with Gasteiger partial charge >= 0.3 is 0 Å². The summed E-state index contributed by atoms with van der Waals surface area (Å²) in [7, 11) is 1.67. The number of methoxy groups -OCH3 is 1. The third kappa shape index (κ3) is 6.89. The minimum Gasteiger partial charge on any atom is -0.497 e. The predicted molar refractivity (Wildman–Crippen MR) is 160 cm³/mol. The van der Waals surface area contributed by atoms with Crippen LogP contribution in [0, 0.1) is 0 Å². The van der Waals surface area contributed by atoms with E-state index >= 15 is 0 Å². The number of para-hydroxylation sites is 1. The van der Waals surface area contributed by atoms with Gasteiger partial charge in [-0.1, -0.05) is 32.0 Å². The molecule has 1 amide bonds. The summed E-state index contributed by atoms with van der Waals surface area (Å²) in [6.07, 6.45) is 3.28. The number of primary amides is 1. The SMILES string of the molecule is CCN(CC)CCCC(C)Nc1nc(N2CCC(Nc3ccccc3)(C(N)=O)CC2)nc2ccc(OC)cc12. The summed E-state index contributed by atoms with van der Waals surface area (Å²) in [5, 5.41) is 8.00. The molecule has 1 unspecified atom stereocenters. The second-order valence-corrected chi connectivity index (χ2v) is 10.4. The zero-order chi connectivity index (χ0) is 27.8. The number of hydrogen-bond donors (Lipinski definition) is 3. The molecule has 1 aliphatic heterocycles. The number of carbonyl (C=O) groups excluding carboxylic acids is 1. The number of ether oxygens (including phenoxy) is 1. The molecule has 0 saturated carbocycles. The van der Waals surface area contributed by atoms with Gasteiger partial charge in [-0.2, -0.15) is 4.98 Å². The zero-order valence-electron chi connectivity index (χ0n) is 23.7. The zero-order valence-corrected chi connectivity index (χ0v) is 23.7. The minimum atomic E-state index is -0.803. The number of amides is 1. The second-order valence-electron chi connectivity index (χ2n) is 10.4. The van der Waals surface area contributed by atoms with Gasteiger partial charge in [0.2, 0.25) is 11.9 Å². The number of carbonyl (C=O) groups is 1. The molecule has 0 radical (unpaired) electrons. The van der Waals surface area contributed by atoms with E-state index in [9.17, 15) is 4.79 Å². The molecule has 1 aromatic heterocycles. The molecular formula is C30H43N7O2. The Hall–Kier alpha value is -3.59. The monoisotopic (exact) mass is 533 g/mol. The van der Waals surface area contributed by atoms with Crippen LogP contribution in [-0.2, 0) is 4.79 Å². The van der Waals surface area contributed by atoms with Crippen molar-refractivity contribution in [3.8, 4) is 5.75 Å². The highest BCUT2D eigenvalue weighted by molar-refractivity contribution is 5.91. The first-order chi connectivity index (χ1) is 18.9. The van der Waals surface area contributed by atoms with Gasteiger partial charge in [0, 0.05) is 30.2 Å². The summed E-state index contributed by atoms with van der Waals surface area (Å²) >= 11 is 0. The molecular weight excluding hydrogens is 490 g/mol. The van der Waals surface area contributed by atoms with Crippen molar-refractivity contribution in [3.05, 3.63) is 48.5 Å². The van der Waals surface area contributed by atoms with Gasteiger partial charge in [0.25, 0.3) is 0 Å². The topological polar surface area (TPSA) is 109 Å². The number of nitrogens with zero attached hydrogens (tertiary/aromatic N) is 4. The second kappa shape index (κ2) is 13.0. The van der Waals surface area contributed by atoms with Gasteiger partial charge in [-0.3, -0.25) is 4.79 Å². The average Bonchev–Trinajstić information content (AvgIpc) is 2.96. The van der Waals surface area contributed by atoms with E-state index < -0.39 is 5.54 Å². The molecule has 4 N–H and O–H groups in total. The molecule has 0 spiro atoms. The quantitative estimate of drug-likeness (QED) is 0.295. The van der Waals surface area contributed by atoms with Gasteiger partial charge in [0.05, 0.1) is 12.6 Å². The van der Waals surface area contributed by atoms with Crippen LogP contribution in [0.1, 0.15) is 46.5 Å². The summed E-state index contributed by atoms with van der Waals surface area (Å²) in [6.45, 7) is 11.1. The molecule has 4 rings (SSSR count). The lowest BCUT2D eigenvalue weighted by molar-refractivity contribution is -0.122. The average molecular weight is 534 g/mol. The number of hydrogen-bond acceptors (Lipinski definition) is 8. The van der Waals surface area contributed by atoms with Gasteiger partial charge in [0.1, 0.15) is 17.1 Å². The highest BCUT2D eigenvalue weighted by atomic mass is 16.5. The van der Waals surface area contributed by atoms with Crippen LogP contribution in [0.2, 0.25) is 0 Å². The number of rotatable bonds is 13. The number of fused-ring (bicyclic) bond motifs is 1. The fraction of sp³-hybridized carbons (Fsp3) is 0.500. The van der Waals surface area contributed by atoms with Crippen LogP contribution in [-0.4, -0.2) is 72.2 Å². The van der Waals surface area contributed by atoms with Crippen LogP contribution in [0.3, 0.4) is 0 Å². The lowest BCUT2D eigenvalue weighted by Gasteiger charge is -2.40. The Morgan fingerprint density at radius 2 is 1.85 bits per heavy atom. The van der Waals surface area contributed by atoms with Crippen LogP contribution in [0.15, 0.2) is 48.5 Å². The molecule has 9 heteroatoms. The molecule has 9 nitrogen and oxygen atoms in total. The van der Waals surface area contributed by atoms with Crippen LogP contribution in [0.4, 0.5) is 17.5 Å². The van der Waals surface area contributed by atoms with Crippen LogP contribution < -0.4 is 26.0 Å². The molecule has 1 atom stereocenters. The Balaban J connectivity index is 1.53. The minimum absolute atomic E-state index is 0.247. The van der Waals surface area contributed by atoms with Crippen LogP contribution in [0.25, 0.3) is 10.9 Å². The van der Waals surface area contributed by atoms with E-state index in [1.165, 1.54) is 0 Å². The molecule has 0 aliphatic carbocycles. The molecule has 39 heavy (non-hydrogen) atoms. The molecule has 2 heterocycles. The van der Waals surface area contributed by atoms with Gasteiger partial charge in [0.15, 0.2) is 0 Å². The molecule has 210 valence electrons. The normalized spacial score (nSPS) is 15.8. The first-order valence-electron chi connectivity index (χ1n) is 14.1. The predicted octanol–water partition coefficient (Wildman–Crippen LogP) is 4.50. The highest BCUT2D eigenvalue weighted by Crippen LogP contribution is 2.32. The van der Waals surface area contributed by atoms with Crippen molar-refractivity contribution in [2.24, 2.45) is 5.73 Å². The Kier molecular flexibility index (Phi) is 9.45. The van der Waals surface area contributed by atoms with Gasteiger partial charge in [-0.15, -0.1) is 0 Å². The molecule has 3 aromatic rings. The van der Waals surface area contributed by atoms with E-state index in [4.69, 9.17) is 20.4 Å². The van der Waals surface area contributed by atoms with Crippen molar-refractivity contribution in [2.45, 2.75) is 58.0 Å². The van der Waals surface area contributed by atoms with Crippen molar-refractivity contribution < 1.29 is 9.53 Å². The smallest absolute Gasteiger partial charge is 0.243 e. The first kappa shape index (κ1) is 28.4. The third-order valence-corrected chi connectivity index (χ3v) is 7.81. The van der Waals surface area contributed by atoms with Crippen LogP contribution >= 0.6 is 0 Å². The molecule has 0 bridgehead atoms. The Morgan fingerprint density at radius 1 is 1.13 bits per heavy atom. The summed E-state index contributed by atoms with van der Waals surface area (Å²) in [5.41, 5.74) is 6.86. The Morgan fingerprint density at radius 3 is 2.49 bits per heavy atom. The fourth-order valence-electron chi connectivity index (χ4n) is 5.26. The largest absolute Gasteiger partial charge is 0.497 e. The summed E-state index contributed by atoms with van der Waals surface area (Å²) in [5.74, 6) is 1.90. The van der Waals surface area contributed by atoms with E-state index in [2.05, 4.69) is 41.2 Å². The maximum Gasteiger partial charge on any atom is 0.243 e. The number of nitrogens with one attached hydrogen (secondary N) is 2.